The van der Waals surface area contributed by atoms with Gasteiger partial charge in [0.05, 0.1) is 18.6 Å². The Labute approximate surface area is 154 Å². The average molecular weight is 410 g/mol. The number of dihydropyridines is 1. The second-order valence-electron chi connectivity index (χ2n) is 7.09. The van der Waals surface area contributed by atoms with Crippen LogP contribution in [0.2, 0.25) is 0 Å². The number of hydrogen-bond donors (Lipinski definition) is 1. The number of allylic oxidation sites excluding steroid dienone is 3. The van der Waals surface area contributed by atoms with E-state index in [-0.39, 0.29) is 17.1 Å². The quantitative estimate of drug-likeness (QED) is 0.740. The zero-order chi connectivity index (χ0) is 17.6. The number of rotatable bonds is 2. The van der Waals surface area contributed by atoms with E-state index in [0.29, 0.717) is 12.0 Å². The molecule has 0 saturated carbocycles. The van der Waals surface area contributed by atoms with Crippen molar-refractivity contribution in [3.63, 3.8) is 0 Å². The number of hydrogen-bond acceptors (Lipinski definition) is 5. The van der Waals surface area contributed by atoms with Gasteiger partial charge in [-0.15, -0.1) is 11.3 Å². The molecule has 3 rings (SSSR count). The Morgan fingerprint density at radius 1 is 1.42 bits per heavy atom. The third kappa shape index (κ3) is 2.97. The molecule has 2 heterocycles. The number of methoxy groups -OCH3 is 1. The fourth-order valence-electron chi connectivity index (χ4n) is 3.58. The second kappa shape index (κ2) is 6.15. The molecule has 1 N–H and O–H groups in total. The van der Waals surface area contributed by atoms with E-state index in [1.807, 2.05) is 18.4 Å². The first-order valence-corrected chi connectivity index (χ1v) is 9.47. The Balaban J connectivity index is 2.18. The Morgan fingerprint density at radius 3 is 2.71 bits per heavy atom. The highest BCUT2D eigenvalue weighted by Crippen LogP contribution is 2.48. The van der Waals surface area contributed by atoms with Crippen LogP contribution in [0.5, 0.6) is 0 Å². The summed E-state index contributed by atoms with van der Waals surface area (Å²) in [6.45, 7) is 6.07. The van der Waals surface area contributed by atoms with Crippen LogP contribution in [0.25, 0.3) is 0 Å². The minimum Gasteiger partial charge on any atom is -0.466 e. The van der Waals surface area contributed by atoms with Crippen LogP contribution in [-0.4, -0.2) is 18.9 Å². The molecule has 128 valence electrons. The van der Waals surface area contributed by atoms with E-state index < -0.39 is 5.97 Å². The molecule has 1 aliphatic carbocycles. The van der Waals surface area contributed by atoms with Crippen molar-refractivity contribution >= 4 is 39.0 Å². The summed E-state index contributed by atoms with van der Waals surface area (Å²) >= 11 is 5.02. The van der Waals surface area contributed by atoms with Gasteiger partial charge in [0.25, 0.3) is 0 Å². The van der Waals surface area contributed by atoms with Gasteiger partial charge in [-0.3, -0.25) is 4.79 Å². The highest BCUT2D eigenvalue weighted by atomic mass is 79.9. The van der Waals surface area contributed by atoms with Crippen molar-refractivity contribution in [1.82, 2.24) is 5.32 Å². The smallest absolute Gasteiger partial charge is 0.336 e. The second-order valence-corrected chi connectivity index (χ2v) is 8.95. The van der Waals surface area contributed by atoms with E-state index in [2.05, 4.69) is 35.1 Å². The first kappa shape index (κ1) is 17.4. The van der Waals surface area contributed by atoms with Crippen LogP contribution in [0.4, 0.5) is 0 Å². The Bertz CT molecular complexity index is 788. The van der Waals surface area contributed by atoms with Gasteiger partial charge in [-0.2, -0.15) is 0 Å². The predicted octanol–water partition coefficient (Wildman–Crippen LogP) is 4.29. The lowest BCUT2D eigenvalue weighted by Crippen LogP contribution is -2.38. The number of ketones is 1. The molecule has 0 unspecified atom stereocenters. The zero-order valence-electron chi connectivity index (χ0n) is 14.2. The van der Waals surface area contributed by atoms with Crippen molar-refractivity contribution in [2.45, 2.75) is 39.5 Å². The zero-order valence-corrected chi connectivity index (χ0v) is 16.6. The SMILES string of the molecule is COC(=O)C1=C(C)NC2=C(C(=O)CC(C)(C)C2)[C@@H]1c1cc(Br)cs1. The van der Waals surface area contributed by atoms with Crippen molar-refractivity contribution in [2.24, 2.45) is 5.41 Å². The third-order valence-electron chi connectivity index (χ3n) is 4.52. The monoisotopic (exact) mass is 409 g/mol. The molecule has 24 heavy (non-hydrogen) atoms. The molecule has 4 nitrogen and oxygen atoms in total. The topological polar surface area (TPSA) is 55.4 Å². The molecule has 0 radical (unpaired) electrons. The van der Waals surface area contributed by atoms with Crippen LogP contribution in [0, 0.1) is 5.41 Å². The summed E-state index contributed by atoms with van der Waals surface area (Å²) in [5.41, 5.74) is 2.87. The van der Waals surface area contributed by atoms with Crippen LogP contribution in [0.15, 0.2) is 38.5 Å². The van der Waals surface area contributed by atoms with Crippen molar-refractivity contribution in [1.29, 1.82) is 0 Å². The summed E-state index contributed by atoms with van der Waals surface area (Å²) in [5, 5.41) is 5.28. The third-order valence-corrected chi connectivity index (χ3v) is 6.28. The summed E-state index contributed by atoms with van der Waals surface area (Å²) < 4.78 is 5.95. The Morgan fingerprint density at radius 2 is 2.12 bits per heavy atom. The molecule has 0 bridgehead atoms. The van der Waals surface area contributed by atoms with Crippen LogP contribution in [0.3, 0.4) is 0 Å². The summed E-state index contributed by atoms with van der Waals surface area (Å²) in [6.07, 6.45) is 1.28. The van der Waals surface area contributed by atoms with Gasteiger partial charge in [-0.05, 0) is 40.8 Å². The number of carbonyl (C=O) groups is 2. The normalized spacial score (nSPS) is 23.0. The minimum atomic E-state index is -0.390. The van der Waals surface area contributed by atoms with Crippen molar-refractivity contribution in [2.75, 3.05) is 7.11 Å². The molecule has 0 aromatic carbocycles. The summed E-state index contributed by atoms with van der Waals surface area (Å²) in [4.78, 5) is 26.3. The molecule has 0 spiro atoms. The number of ether oxygens (including phenoxy) is 1. The van der Waals surface area contributed by atoms with E-state index in [9.17, 15) is 9.59 Å². The van der Waals surface area contributed by atoms with Gasteiger partial charge >= 0.3 is 5.97 Å². The molecule has 2 aliphatic rings. The van der Waals surface area contributed by atoms with Crippen LogP contribution in [-0.2, 0) is 14.3 Å². The molecular weight excluding hydrogens is 390 g/mol. The molecule has 1 aromatic heterocycles. The number of nitrogens with one attached hydrogen (secondary N) is 1. The van der Waals surface area contributed by atoms with Crippen molar-refractivity contribution in [3.8, 4) is 0 Å². The lowest BCUT2D eigenvalue weighted by molar-refractivity contribution is -0.136. The van der Waals surface area contributed by atoms with E-state index in [4.69, 9.17) is 4.74 Å². The van der Waals surface area contributed by atoms with Crippen molar-refractivity contribution < 1.29 is 14.3 Å². The molecule has 6 heteroatoms. The lowest BCUT2D eigenvalue weighted by Gasteiger charge is -2.39. The van der Waals surface area contributed by atoms with Gasteiger partial charge in [-0.1, -0.05) is 13.8 Å². The van der Waals surface area contributed by atoms with Crippen LogP contribution in [0.1, 0.15) is 44.4 Å². The number of Topliss-reactive ketones (excluding diaryl/α,β-unsaturated/α-hetero) is 1. The summed E-state index contributed by atoms with van der Waals surface area (Å²) in [5.74, 6) is -0.635. The first-order valence-electron chi connectivity index (χ1n) is 7.80. The maximum Gasteiger partial charge on any atom is 0.336 e. The molecular formula is C18H20BrNO3S. The van der Waals surface area contributed by atoms with Crippen molar-refractivity contribution in [3.05, 3.63) is 43.3 Å². The average Bonchev–Trinajstić information content (AvgIpc) is 2.90. The van der Waals surface area contributed by atoms with Crippen LogP contribution >= 0.6 is 27.3 Å². The van der Waals surface area contributed by atoms with E-state index in [1.54, 1.807) is 11.3 Å². The van der Waals surface area contributed by atoms with Crippen LogP contribution < -0.4 is 5.32 Å². The van der Waals surface area contributed by atoms with Gasteiger partial charge < -0.3 is 10.1 Å². The highest BCUT2D eigenvalue weighted by Gasteiger charge is 2.43. The largest absolute Gasteiger partial charge is 0.466 e. The molecule has 0 amide bonds. The van der Waals surface area contributed by atoms with E-state index in [0.717, 1.165) is 32.7 Å². The van der Waals surface area contributed by atoms with E-state index in [1.165, 1.54) is 7.11 Å². The Kier molecular flexibility index (Phi) is 4.47. The predicted molar refractivity (Wildman–Crippen MR) is 97.7 cm³/mol. The number of thiophene rings is 1. The standard InChI is InChI=1S/C18H20BrNO3S/c1-9-14(17(22)23-4)16(13-5-10(19)8-24-13)15-11(20-9)6-18(2,3)7-12(15)21/h5,8,16,20H,6-7H2,1-4H3/t16-/m1/s1. The number of carbonyl (C=O) groups excluding carboxylic acids is 2. The molecule has 1 aliphatic heterocycles. The van der Waals surface area contributed by atoms with Gasteiger partial charge in [-0.25, -0.2) is 4.79 Å². The maximum absolute atomic E-state index is 12.9. The van der Waals surface area contributed by atoms with Gasteiger partial charge in [0.15, 0.2) is 5.78 Å². The molecule has 1 atom stereocenters. The van der Waals surface area contributed by atoms with Gasteiger partial charge in [0.2, 0.25) is 0 Å². The number of halogens is 1. The van der Waals surface area contributed by atoms with Gasteiger partial charge in [0, 0.05) is 38.1 Å². The molecule has 1 aromatic rings. The molecule has 0 saturated heterocycles. The highest BCUT2D eigenvalue weighted by molar-refractivity contribution is 9.10. The lowest BCUT2D eigenvalue weighted by atomic mass is 9.70. The first-order chi connectivity index (χ1) is 11.2. The maximum atomic E-state index is 12.9. The fourth-order valence-corrected chi connectivity index (χ4v) is 5.14. The van der Waals surface area contributed by atoms with E-state index >= 15 is 0 Å². The fraction of sp³-hybridized carbons (Fsp3) is 0.444. The Hall–Kier alpha value is -1.40. The summed E-state index contributed by atoms with van der Waals surface area (Å²) in [6, 6.07) is 1.98. The summed E-state index contributed by atoms with van der Waals surface area (Å²) in [7, 11) is 1.37. The molecule has 0 fully saturated rings. The minimum absolute atomic E-state index is 0.0768. The van der Waals surface area contributed by atoms with Gasteiger partial charge in [0.1, 0.15) is 0 Å². The number of esters is 1.